The van der Waals surface area contributed by atoms with Crippen LogP contribution in [-0.2, 0) is 4.74 Å². The molecule has 0 spiro atoms. The van der Waals surface area contributed by atoms with Gasteiger partial charge in [-0.05, 0) is 43.3 Å². The van der Waals surface area contributed by atoms with Crippen molar-refractivity contribution < 1.29 is 18.8 Å². The fraction of sp³-hybridized carbons (Fsp3) is 0.211. The Morgan fingerprint density at radius 1 is 1.04 bits per heavy atom. The molecular weight excluding hydrogens is 320 g/mol. The van der Waals surface area contributed by atoms with Gasteiger partial charge in [0.05, 0.1) is 18.8 Å². The van der Waals surface area contributed by atoms with E-state index >= 15 is 0 Å². The number of ether oxygens (including phenoxy) is 2. The highest BCUT2D eigenvalue weighted by molar-refractivity contribution is 5.89. The van der Waals surface area contributed by atoms with Crippen molar-refractivity contribution in [3.63, 3.8) is 0 Å². The van der Waals surface area contributed by atoms with Crippen LogP contribution in [0, 0.1) is 6.92 Å². The van der Waals surface area contributed by atoms with Gasteiger partial charge in [-0.1, -0.05) is 23.4 Å². The van der Waals surface area contributed by atoms with Gasteiger partial charge in [-0.15, -0.1) is 0 Å². The summed E-state index contributed by atoms with van der Waals surface area (Å²) in [5.74, 6) is 1.43. The number of para-hydroxylation sites is 1. The monoisotopic (exact) mass is 338 g/mol. The first-order valence-electron chi connectivity index (χ1n) is 7.98. The molecule has 0 aliphatic carbocycles. The fourth-order valence-electron chi connectivity index (χ4n) is 2.18. The standard InChI is InChI=1S/C19H18N2O4/c1-14-20-18(25-21-14)15-8-10-16(11-9-15)19(22)24-13-5-12-23-17-6-3-2-4-7-17/h2-4,6-11H,5,12-13H2,1H3. The molecule has 1 heterocycles. The molecule has 128 valence electrons. The summed E-state index contributed by atoms with van der Waals surface area (Å²) in [5.41, 5.74) is 1.23. The Morgan fingerprint density at radius 2 is 1.80 bits per heavy atom. The zero-order valence-electron chi connectivity index (χ0n) is 13.8. The Labute approximate surface area is 145 Å². The second kappa shape index (κ2) is 8.10. The van der Waals surface area contributed by atoms with Gasteiger partial charge < -0.3 is 14.0 Å². The van der Waals surface area contributed by atoms with E-state index in [2.05, 4.69) is 10.1 Å². The summed E-state index contributed by atoms with van der Waals surface area (Å²) in [5, 5.41) is 3.74. The lowest BCUT2D eigenvalue weighted by Gasteiger charge is -2.07. The van der Waals surface area contributed by atoms with Crippen molar-refractivity contribution in [1.82, 2.24) is 10.1 Å². The highest BCUT2D eigenvalue weighted by Crippen LogP contribution is 2.18. The summed E-state index contributed by atoms with van der Waals surface area (Å²) in [6.45, 7) is 2.54. The second-order valence-corrected chi connectivity index (χ2v) is 5.38. The largest absolute Gasteiger partial charge is 0.493 e. The molecule has 0 fully saturated rings. The fourth-order valence-corrected chi connectivity index (χ4v) is 2.18. The summed E-state index contributed by atoms with van der Waals surface area (Å²) < 4.78 is 15.9. The SMILES string of the molecule is Cc1noc(-c2ccc(C(=O)OCCCOc3ccccc3)cc2)n1. The predicted octanol–water partition coefficient (Wildman–Crippen LogP) is 3.67. The molecule has 0 saturated heterocycles. The predicted molar refractivity (Wildman–Crippen MR) is 91.3 cm³/mol. The van der Waals surface area contributed by atoms with Gasteiger partial charge in [0.2, 0.25) is 0 Å². The molecule has 1 aromatic heterocycles. The molecule has 0 bridgehead atoms. The van der Waals surface area contributed by atoms with E-state index in [4.69, 9.17) is 14.0 Å². The number of hydrogen-bond donors (Lipinski definition) is 0. The summed E-state index contributed by atoms with van der Waals surface area (Å²) in [4.78, 5) is 16.2. The lowest BCUT2D eigenvalue weighted by molar-refractivity contribution is 0.0486. The summed E-state index contributed by atoms with van der Waals surface area (Å²) in [6.07, 6.45) is 0.625. The molecule has 0 atom stereocenters. The molecule has 0 unspecified atom stereocenters. The Kier molecular flexibility index (Phi) is 5.41. The third-order valence-electron chi connectivity index (χ3n) is 3.43. The maximum Gasteiger partial charge on any atom is 0.338 e. The van der Waals surface area contributed by atoms with E-state index in [1.807, 2.05) is 30.3 Å². The second-order valence-electron chi connectivity index (χ2n) is 5.38. The average Bonchev–Trinajstić information content (AvgIpc) is 3.09. The maximum absolute atomic E-state index is 12.0. The lowest BCUT2D eigenvalue weighted by atomic mass is 10.1. The minimum Gasteiger partial charge on any atom is -0.493 e. The molecule has 0 radical (unpaired) electrons. The van der Waals surface area contributed by atoms with E-state index in [1.165, 1.54) is 0 Å². The van der Waals surface area contributed by atoms with Gasteiger partial charge >= 0.3 is 5.97 Å². The maximum atomic E-state index is 12.0. The Balaban J connectivity index is 1.43. The van der Waals surface area contributed by atoms with Crippen molar-refractivity contribution in [3.8, 4) is 17.2 Å². The third kappa shape index (κ3) is 4.67. The summed E-state index contributed by atoms with van der Waals surface area (Å²) in [6, 6.07) is 16.4. The number of hydrogen-bond acceptors (Lipinski definition) is 6. The molecule has 0 amide bonds. The van der Waals surface area contributed by atoms with E-state index in [1.54, 1.807) is 31.2 Å². The number of aryl methyl sites for hydroxylation is 1. The topological polar surface area (TPSA) is 74.5 Å². The van der Waals surface area contributed by atoms with E-state index < -0.39 is 0 Å². The van der Waals surface area contributed by atoms with Gasteiger partial charge in [-0.2, -0.15) is 4.98 Å². The lowest BCUT2D eigenvalue weighted by Crippen LogP contribution is -2.09. The zero-order valence-corrected chi connectivity index (χ0v) is 13.8. The zero-order chi connectivity index (χ0) is 17.5. The highest BCUT2D eigenvalue weighted by atomic mass is 16.5. The van der Waals surface area contributed by atoms with Crippen molar-refractivity contribution in [2.45, 2.75) is 13.3 Å². The Hall–Kier alpha value is -3.15. The third-order valence-corrected chi connectivity index (χ3v) is 3.43. The summed E-state index contributed by atoms with van der Waals surface area (Å²) >= 11 is 0. The van der Waals surface area contributed by atoms with Crippen LogP contribution in [-0.4, -0.2) is 29.3 Å². The quantitative estimate of drug-likeness (QED) is 0.483. The number of benzene rings is 2. The van der Waals surface area contributed by atoms with Crippen LogP contribution in [0.15, 0.2) is 59.1 Å². The van der Waals surface area contributed by atoms with Crippen LogP contribution in [0.4, 0.5) is 0 Å². The van der Waals surface area contributed by atoms with E-state index in [-0.39, 0.29) is 5.97 Å². The highest BCUT2D eigenvalue weighted by Gasteiger charge is 2.10. The minimum atomic E-state index is -0.368. The number of nitrogens with zero attached hydrogens (tertiary/aromatic N) is 2. The van der Waals surface area contributed by atoms with Gasteiger partial charge in [0.25, 0.3) is 5.89 Å². The molecule has 6 nitrogen and oxygen atoms in total. The van der Waals surface area contributed by atoms with Crippen LogP contribution < -0.4 is 4.74 Å². The van der Waals surface area contributed by atoms with Crippen LogP contribution in [0.25, 0.3) is 11.5 Å². The number of esters is 1. The van der Waals surface area contributed by atoms with Gasteiger partial charge in [0, 0.05) is 12.0 Å². The van der Waals surface area contributed by atoms with Crippen molar-refractivity contribution in [2.75, 3.05) is 13.2 Å². The average molecular weight is 338 g/mol. The minimum absolute atomic E-state index is 0.302. The van der Waals surface area contributed by atoms with E-state index in [0.717, 1.165) is 11.3 Å². The number of aromatic nitrogens is 2. The van der Waals surface area contributed by atoms with E-state index in [0.29, 0.717) is 36.9 Å². The van der Waals surface area contributed by atoms with Crippen LogP contribution in [0.1, 0.15) is 22.6 Å². The van der Waals surface area contributed by atoms with Crippen molar-refractivity contribution in [2.24, 2.45) is 0 Å². The normalized spacial score (nSPS) is 10.4. The van der Waals surface area contributed by atoms with Gasteiger partial charge in [0.15, 0.2) is 5.82 Å². The number of carbonyl (C=O) groups excluding carboxylic acids is 1. The molecule has 6 heteroatoms. The van der Waals surface area contributed by atoms with Crippen LogP contribution in [0.3, 0.4) is 0 Å². The first-order valence-corrected chi connectivity index (χ1v) is 7.98. The van der Waals surface area contributed by atoms with Crippen molar-refractivity contribution in [3.05, 3.63) is 66.0 Å². The number of rotatable bonds is 7. The molecule has 2 aromatic carbocycles. The Morgan fingerprint density at radius 3 is 2.48 bits per heavy atom. The van der Waals surface area contributed by atoms with Crippen LogP contribution in [0.5, 0.6) is 5.75 Å². The van der Waals surface area contributed by atoms with E-state index in [9.17, 15) is 4.79 Å². The first-order chi connectivity index (χ1) is 12.2. The smallest absolute Gasteiger partial charge is 0.338 e. The van der Waals surface area contributed by atoms with Crippen molar-refractivity contribution >= 4 is 5.97 Å². The van der Waals surface area contributed by atoms with Gasteiger partial charge in [-0.3, -0.25) is 0 Å². The summed E-state index contributed by atoms with van der Waals surface area (Å²) in [7, 11) is 0. The molecule has 3 aromatic rings. The molecule has 0 aliphatic rings. The number of carbonyl (C=O) groups is 1. The van der Waals surface area contributed by atoms with Crippen LogP contribution >= 0.6 is 0 Å². The molecular formula is C19H18N2O4. The molecule has 0 N–H and O–H groups in total. The molecule has 0 aliphatic heterocycles. The van der Waals surface area contributed by atoms with Gasteiger partial charge in [0.1, 0.15) is 5.75 Å². The van der Waals surface area contributed by atoms with Crippen molar-refractivity contribution in [1.29, 1.82) is 0 Å². The van der Waals surface area contributed by atoms with Gasteiger partial charge in [-0.25, -0.2) is 4.79 Å². The van der Waals surface area contributed by atoms with Crippen LogP contribution in [0.2, 0.25) is 0 Å². The first kappa shape index (κ1) is 16.7. The molecule has 25 heavy (non-hydrogen) atoms. The molecule has 0 saturated carbocycles. The molecule has 3 rings (SSSR count). The Bertz CT molecular complexity index is 813.